The zero-order valence-electron chi connectivity index (χ0n) is 13.4. The highest BCUT2D eigenvalue weighted by Gasteiger charge is 2.23. The molecular formula is C16H19N5O3. The Hall–Kier alpha value is -2.74. The molecule has 3 heterocycles. The number of amides is 2. The molecule has 1 fully saturated rings. The molecule has 8 heteroatoms. The van der Waals surface area contributed by atoms with Crippen LogP contribution in [0.5, 0.6) is 0 Å². The summed E-state index contributed by atoms with van der Waals surface area (Å²) in [7, 11) is 0. The zero-order valence-corrected chi connectivity index (χ0v) is 13.4. The third-order valence-electron chi connectivity index (χ3n) is 3.85. The van der Waals surface area contributed by atoms with E-state index in [1.54, 1.807) is 42.4 Å². The Kier molecular flexibility index (Phi) is 4.85. The average Bonchev–Trinajstić information content (AvgIpc) is 3.00. The molecule has 3 rings (SSSR count). The molecular weight excluding hydrogens is 310 g/mol. The third kappa shape index (κ3) is 3.96. The molecule has 8 nitrogen and oxygen atoms in total. The van der Waals surface area contributed by atoms with Gasteiger partial charge in [0.2, 0.25) is 5.91 Å². The first-order chi connectivity index (χ1) is 11.6. The molecule has 0 unspecified atom stereocenters. The van der Waals surface area contributed by atoms with Gasteiger partial charge in [-0.05, 0) is 19.1 Å². The summed E-state index contributed by atoms with van der Waals surface area (Å²) in [5.41, 5.74) is 0.637. The highest BCUT2D eigenvalue weighted by Crippen LogP contribution is 2.09. The van der Waals surface area contributed by atoms with Crippen LogP contribution < -0.4 is 5.32 Å². The first-order valence-electron chi connectivity index (χ1n) is 7.76. The summed E-state index contributed by atoms with van der Waals surface area (Å²) in [6, 6.07) is 5.09. The van der Waals surface area contributed by atoms with E-state index in [1.165, 1.54) is 0 Å². The van der Waals surface area contributed by atoms with E-state index in [4.69, 9.17) is 4.52 Å². The van der Waals surface area contributed by atoms with E-state index in [9.17, 15) is 9.59 Å². The molecule has 0 spiro atoms. The summed E-state index contributed by atoms with van der Waals surface area (Å²) in [5.74, 6) is 0.925. The second-order valence-electron chi connectivity index (χ2n) is 5.68. The number of carbonyl (C=O) groups is 2. The topological polar surface area (TPSA) is 91.6 Å². The lowest BCUT2D eigenvalue weighted by molar-refractivity contribution is -0.117. The van der Waals surface area contributed by atoms with Crippen LogP contribution in [0.25, 0.3) is 0 Å². The summed E-state index contributed by atoms with van der Waals surface area (Å²) in [4.78, 5) is 32.1. The molecule has 2 amide bonds. The fraction of sp³-hybridized carbons (Fsp3) is 0.375. The highest BCUT2D eigenvalue weighted by atomic mass is 16.5. The van der Waals surface area contributed by atoms with E-state index < -0.39 is 0 Å². The maximum Gasteiger partial charge on any atom is 0.254 e. The van der Waals surface area contributed by atoms with Gasteiger partial charge >= 0.3 is 0 Å². The standard InChI is InChI=1S/C16H19N5O3/c1-12-10-14(19-24-12)18-15(22)11-20-6-8-21(9-7-20)16(23)13-2-4-17-5-3-13/h2-5,10H,6-9,11H2,1H3,(H,18,19,22). The van der Waals surface area contributed by atoms with Gasteiger partial charge < -0.3 is 14.7 Å². The first-order valence-corrected chi connectivity index (χ1v) is 7.76. The van der Waals surface area contributed by atoms with Crippen LogP contribution in [0.2, 0.25) is 0 Å². The Morgan fingerprint density at radius 2 is 1.92 bits per heavy atom. The molecule has 1 saturated heterocycles. The van der Waals surface area contributed by atoms with Crippen LogP contribution in [-0.4, -0.2) is 64.5 Å². The number of hydrogen-bond acceptors (Lipinski definition) is 6. The van der Waals surface area contributed by atoms with Crippen LogP contribution >= 0.6 is 0 Å². The Labute approximate surface area is 139 Å². The minimum absolute atomic E-state index is 0.000395. The minimum Gasteiger partial charge on any atom is -0.360 e. The molecule has 1 N–H and O–H groups in total. The molecule has 1 aliphatic heterocycles. The van der Waals surface area contributed by atoms with E-state index in [1.807, 2.05) is 4.90 Å². The number of aromatic nitrogens is 2. The Bertz CT molecular complexity index is 708. The lowest BCUT2D eigenvalue weighted by Crippen LogP contribution is -2.50. The smallest absolute Gasteiger partial charge is 0.254 e. The van der Waals surface area contributed by atoms with Crippen molar-refractivity contribution < 1.29 is 14.1 Å². The highest BCUT2D eigenvalue weighted by molar-refractivity contribution is 5.94. The van der Waals surface area contributed by atoms with E-state index in [0.717, 1.165) is 0 Å². The van der Waals surface area contributed by atoms with Crippen molar-refractivity contribution in [3.05, 3.63) is 41.9 Å². The van der Waals surface area contributed by atoms with Crippen molar-refractivity contribution in [1.29, 1.82) is 0 Å². The van der Waals surface area contributed by atoms with Crippen molar-refractivity contribution in [2.24, 2.45) is 0 Å². The van der Waals surface area contributed by atoms with Gasteiger partial charge in [-0.2, -0.15) is 0 Å². The fourth-order valence-electron chi connectivity index (χ4n) is 2.60. The van der Waals surface area contributed by atoms with Gasteiger partial charge in [-0.15, -0.1) is 0 Å². The van der Waals surface area contributed by atoms with Crippen LogP contribution in [0, 0.1) is 6.92 Å². The zero-order chi connectivity index (χ0) is 16.9. The number of anilines is 1. The van der Waals surface area contributed by atoms with E-state index in [0.29, 0.717) is 43.3 Å². The molecule has 0 bridgehead atoms. The van der Waals surface area contributed by atoms with Crippen molar-refractivity contribution in [1.82, 2.24) is 19.9 Å². The molecule has 1 aliphatic rings. The number of rotatable bonds is 4. The molecule has 2 aromatic heterocycles. The van der Waals surface area contributed by atoms with Crippen LogP contribution in [0.15, 0.2) is 35.1 Å². The van der Waals surface area contributed by atoms with E-state index in [2.05, 4.69) is 15.5 Å². The quantitative estimate of drug-likeness (QED) is 0.891. The second-order valence-corrected chi connectivity index (χ2v) is 5.68. The molecule has 0 radical (unpaired) electrons. The summed E-state index contributed by atoms with van der Waals surface area (Å²) in [6.07, 6.45) is 3.22. The lowest BCUT2D eigenvalue weighted by atomic mass is 10.2. The van der Waals surface area contributed by atoms with Crippen LogP contribution in [0.3, 0.4) is 0 Å². The molecule has 126 valence electrons. The molecule has 0 aromatic carbocycles. The predicted molar refractivity (Wildman–Crippen MR) is 86.5 cm³/mol. The van der Waals surface area contributed by atoms with Crippen LogP contribution in [0.1, 0.15) is 16.1 Å². The SMILES string of the molecule is Cc1cc(NC(=O)CN2CCN(C(=O)c3ccncc3)CC2)no1. The number of aryl methyl sites for hydroxylation is 1. The van der Waals surface area contributed by atoms with Crippen molar-refractivity contribution in [3.63, 3.8) is 0 Å². The van der Waals surface area contributed by atoms with Crippen LogP contribution in [0.4, 0.5) is 5.82 Å². The van der Waals surface area contributed by atoms with Crippen molar-refractivity contribution >= 4 is 17.6 Å². The molecule has 0 saturated carbocycles. The van der Waals surface area contributed by atoms with Gasteiger partial charge in [0.05, 0.1) is 6.54 Å². The van der Waals surface area contributed by atoms with Gasteiger partial charge in [0.15, 0.2) is 5.82 Å². The maximum atomic E-state index is 12.4. The summed E-state index contributed by atoms with van der Waals surface area (Å²) in [5, 5.41) is 6.43. The molecule has 0 aliphatic carbocycles. The monoisotopic (exact) mass is 329 g/mol. The number of piperazine rings is 1. The normalized spacial score (nSPS) is 15.3. The average molecular weight is 329 g/mol. The number of nitrogens with one attached hydrogen (secondary N) is 1. The summed E-state index contributed by atoms with van der Waals surface area (Å²) >= 11 is 0. The van der Waals surface area contributed by atoms with Gasteiger partial charge in [-0.1, -0.05) is 5.16 Å². The number of nitrogens with zero attached hydrogens (tertiary/aromatic N) is 4. The van der Waals surface area contributed by atoms with Crippen LogP contribution in [-0.2, 0) is 4.79 Å². The largest absolute Gasteiger partial charge is 0.360 e. The van der Waals surface area contributed by atoms with Gasteiger partial charge in [0, 0.05) is 50.2 Å². The second kappa shape index (κ2) is 7.22. The Balaban J connectivity index is 1.46. The first kappa shape index (κ1) is 16.1. The van der Waals surface area contributed by atoms with Gasteiger partial charge in [-0.25, -0.2) is 0 Å². The minimum atomic E-state index is -0.141. The van der Waals surface area contributed by atoms with Gasteiger partial charge in [-0.3, -0.25) is 19.5 Å². The molecule has 0 atom stereocenters. The lowest BCUT2D eigenvalue weighted by Gasteiger charge is -2.34. The van der Waals surface area contributed by atoms with Crippen molar-refractivity contribution in [2.75, 3.05) is 38.0 Å². The summed E-state index contributed by atoms with van der Waals surface area (Å²) in [6.45, 7) is 4.53. The maximum absolute atomic E-state index is 12.4. The summed E-state index contributed by atoms with van der Waals surface area (Å²) < 4.78 is 4.91. The molecule has 24 heavy (non-hydrogen) atoms. The predicted octanol–water partition coefficient (Wildman–Crippen LogP) is 0.775. The number of hydrogen-bond donors (Lipinski definition) is 1. The van der Waals surface area contributed by atoms with Gasteiger partial charge in [0.25, 0.3) is 5.91 Å². The van der Waals surface area contributed by atoms with E-state index >= 15 is 0 Å². The third-order valence-corrected chi connectivity index (χ3v) is 3.85. The Morgan fingerprint density at radius 3 is 2.54 bits per heavy atom. The fourth-order valence-corrected chi connectivity index (χ4v) is 2.60. The van der Waals surface area contributed by atoms with E-state index in [-0.39, 0.29) is 18.4 Å². The van der Waals surface area contributed by atoms with Crippen molar-refractivity contribution in [2.45, 2.75) is 6.92 Å². The number of pyridine rings is 1. The van der Waals surface area contributed by atoms with Gasteiger partial charge in [0.1, 0.15) is 5.76 Å². The molecule has 2 aromatic rings. The van der Waals surface area contributed by atoms with Crippen molar-refractivity contribution in [3.8, 4) is 0 Å². The Morgan fingerprint density at radius 1 is 1.21 bits per heavy atom. The number of carbonyl (C=O) groups excluding carboxylic acids is 2.